The van der Waals surface area contributed by atoms with E-state index in [1.54, 1.807) is 6.07 Å². The Morgan fingerprint density at radius 1 is 1.24 bits per heavy atom. The third-order valence-electron chi connectivity index (χ3n) is 2.85. The molecule has 0 aliphatic carbocycles. The Bertz CT molecular complexity index is 664. The fourth-order valence-corrected chi connectivity index (χ4v) is 2.23. The first-order valence-electron chi connectivity index (χ1n) is 6.06. The normalized spacial score (nSPS) is 11.8. The first kappa shape index (κ1) is 15.4. The van der Waals surface area contributed by atoms with Gasteiger partial charge in [0.2, 0.25) is 0 Å². The highest BCUT2D eigenvalue weighted by Crippen LogP contribution is 2.25. The zero-order valence-corrected chi connectivity index (χ0v) is 12.7. The Kier molecular flexibility index (Phi) is 4.90. The van der Waals surface area contributed by atoms with Crippen molar-refractivity contribution >= 4 is 27.6 Å². The summed E-state index contributed by atoms with van der Waals surface area (Å²) in [6.45, 7) is 0. The van der Waals surface area contributed by atoms with Gasteiger partial charge in [0.1, 0.15) is 11.6 Å². The molecule has 0 aliphatic heterocycles. The average Bonchev–Trinajstić information content (AvgIpc) is 2.47. The first-order chi connectivity index (χ1) is 10.0. The number of hydrogen-bond donors (Lipinski definition) is 1. The van der Waals surface area contributed by atoms with Gasteiger partial charge >= 0.3 is 5.97 Å². The van der Waals surface area contributed by atoms with Crippen LogP contribution < -0.4 is 5.32 Å². The number of carbonyl (C=O) groups is 1. The summed E-state index contributed by atoms with van der Waals surface area (Å²) >= 11 is 3.07. The molecule has 0 saturated heterocycles. The molecule has 21 heavy (non-hydrogen) atoms. The number of benzene rings is 2. The van der Waals surface area contributed by atoms with Gasteiger partial charge in [-0.2, -0.15) is 0 Å². The maximum absolute atomic E-state index is 13.3. The van der Waals surface area contributed by atoms with E-state index in [4.69, 9.17) is 4.74 Å². The molecule has 2 aromatic rings. The Hall–Kier alpha value is -1.95. The van der Waals surface area contributed by atoms with Crippen LogP contribution in [0, 0.1) is 11.6 Å². The number of rotatable bonds is 4. The van der Waals surface area contributed by atoms with Gasteiger partial charge in [-0.1, -0.05) is 12.1 Å². The molecule has 6 heteroatoms. The van der Waals surface area contributed by atoms with Gasteiger partial charge in [-0.25, -0.2) is 13.6 Å². The molecule has 0 heterocycles. The highest BCUT2D eigenvalue weighted by Gasteiger charge is 2.22. The van der Waals surface area contributed by atoms with E-state index in [0.29, 0.717) is 11.3 Å². The molecule has 0 saturated carbocycles. The van der Waals surface area contributed by atoms with Crippen LogP contribution in [0.2, 0.25) is 0 Å². The van der Waals surface area contributed by atoms with Crippen LogP contribution in [0.4, 0.5) is 14.5 Å². The second-order valence-electron chi connectivity index (χ2n) is 4.28. The van der Waals surface area contributed by atoms with Crippen LogP contribution in [0.5, 0.6) is 0 Å². The van der Waals surface area contributed by atoms with E-state index >= 15 is 0 Å². The van der Waals surface area contributed by atoms with Crippen molar-refractivity contribution in [2.75, 3.05) is 12.4 Å². The number of carbonyl (C=O) groups excluding carboxylic acids is 1. The van der Waals surface area contributed by atoms with E-state index in [-0.39, 0.29) is 4.47 Å². The molecule has 1 N–H and O–H groups in total. The molecule has 110 valence electrons. The van der Waals surface area contributed by atoms with Crippen LogP contribution in [-0.4, -0.2) is 13.1 Å². The second kappa shape index (κ2) is 6.67. The van der Waals surface area contributed by atoms with Crippen molar-refractivity contribution < 1.29 is 18.3 Å². The van der Waals surface area contributed by atoms with Crippen molar-refractivity contribution in [1.29, 1.82) is 0 Å². The summed E-state index contributed by atoms with van der Waals surface area (Å²) in [6, 6.07) is 9.01. The fraction of sp³-hybridized carbons (Fsp3) is 0.133. The van der Waals surface area contributed by atoms with Gasteiger partial charge < -0.3 is 10.1 Å². The molecule has 0 bridgehead atoms. The lowest BCUT2D eigenvalue weighted by molar-refractivity contribution is -0.141. The summed E-state index contributed by atoms with van der Waals surface area (Å²) in [5, 5.41) is 2.88. The topological polar surface area (TPSA) is 38.3 Å². The minimum Gasteiger partial charge on any atom is -0.467 e. The monoisotopic (exact) mass is 355 g/mol. The molecule has 3 nitrogen and oxygen atoms in total. The summed E-state index contributed by atoms with van der Waals surface area (Å²) in [4.78, 5) is 11.9. The van der Waals surface area contributed by atoms with Crippen LogP contribution >= 0.6 is 15.9 Å². The third kappa shape index (κ3) is 3.78. The van der Waals surface area contributed by atoms with Crippen LogP contribution in [0.25, 0.3) is 0 Å². The zero-order valence-electron chi connectivity index (χ0n) is 11.1. The van der Waals surface area contributed by atoms with Crippen LogP contribution in [0.3, 0.4) is 0 Å². The Balaban J connectivity index is 2.34. The molecule has 1 atom stereocenters. The third-order valence-corrected chi connectivity index (χ3v) is 3.46. The van der Waals surface area contributed by atoms with Gasteiger partial charge in [0.05, 0.1) is 11.6 Å². The van der Waals surface area contributed by atoms with Gasteiger partial charge in [0, 0.05) is 5.69 Å². The maximum atomic E-state index is 13.3. The van der Waals surface area contributed by atoms with Crippen molar-refractivity contribution in [1.82, 2.24) is 0 Å². The van der Waals surface area contributed by atoms with Gasteiger partial charge in [-0.05, 0) is 51.8 Å². The van der Waals surface area contributed by atoms with Crippen LogP contribution in [0.1, 0.15) is 11.6 Å². The lowest BCUT2D eigenvalue weighted by Crippen LogP contribution is -2.22. The minimum atomic E-state index is -0.867. The van der Waals surface area contributed by atoms with Gasteiger partial charge in [-0.15, -0.1) is 0 Å². The van der Waals surface area contributed by atoms with Crippen LogP contribution in [-0.2, 0) is 9.53 Å². The molecular weight excluding hydrogens is 344 g/mol. The highest BCUT2D eigenvalue weighted by atomic mass is 79.9. The number of methoxy groups -OCH3 is 1. The molecule has 0 aliphatic rings. The lowest BCUT2D eigenvalue weighted by Gasteiger charge is -2.18. The predicted molar refractivity (Wildman–Crippen MR) is 78.9 cm³/mol. The number of ether oxygens (including phenoxy) is 1. The number of anilines is 1. The summed E-state index contributed by atoms with van der Waals surface area (Å²) in [5.74, 6) is -1.42. The average molecular weight is 356 g/mol. The molecule has 0 spiro atoms. The summed E-state index contributed by atoms with van der Waals surface area (Å²) < 4.78 is 31.5. The molecular formula is C15H12BrF2NO2. The van der Waals surface area contributed by atoms with Crippen LogP contribution in [0.15, 0.2) is 46.9 Å². The number of hydrogen-bond acceptors (Lipinski definition) is 3. The van der Waals surface area contributed by atoms with Crippen molar-refractivity contribution in [3.63, 3.8) is 0 Å². The van der Waals surface area contributed by atoms with Crippen molar-refractivity contribution in [3.05, 3.63) is 64.1 Å². The number of nitrogens with one attached hydrogen (secondary N) is 1. The Labute approximate surface area is 129 Å². The zero-order chi connectivity index (χ0) is 15.4. The highest BCUT2D eigenvalue weighted by molar-refractivity contribution is 9.10. The quantitative estimate of drug-likeness (QED) is 0.840. The molecule has 2 aromatic carbocycles. The molecule has 1 unspecified atom stereocenters. The predicted octanol–water partition coefficient (Wildman–Crippen LogP) is 4.05. The van der Waals surface area contributed by atoms with Gasteiger partial charge in [0.15, 0.2) is 6.04 Å². The van der Waals surface area contributed by atoms with Crippen molar-refractivity contribution in [2.45, 2.75) is 6.04 Å². The van der Waals surface area contributed by atoms with E-state index in [1.807, 2.05) is 0 Å². The molecule has 0 fully saturated rings. The molecule has 0 amide bonds. The SMILES string of the molecule is COC(=O)C(Nc1cccc(F)c1)c1ccc(F)c(Br)c1. The van der Waals surface area contributed by atoms with E-state index in [2.05, 4.69) is 21.2 Å². The van der Waals surface area contributed by atoms with Gasteiger partial charge in [-0.3, -0.25) is 0 Å². The van der Waals surface area contributed by atoms with E-state index in [0.717, 1.165) is 0 Å². The molecule has 0 radical (unpaired) electrons. The fourth-order valence-electron chi connectivity index (χ4n) is 1.83. The number of halogens is 3. The Morgan fingerprint density at radius 3 is 2.62 bits per heavy atom. The Morgan fingerprint density at radius 2 is 2.00 bits per heavy atom. The van der Waals surface area contributed by atoms with E-state index < -0.39 is 23.6 Å². The van der Waals surface area contributed by atoms with Crippen molar-refractivity contribution in [2.24, 2.45) is 0 Å². The van der Waals surface area contributed by atoms with E-state index in [1.165, 1.54) is 43.5 Å². The second-order valence-corrected chi connectivity index (χ2v) is 5.14. The largest absolute Gasteiger partial charge is 0.467 e. The van der Waals surface area contributed by atoms with E-state index in [9.17, 15) is 13.6 Å². The molecule has 0 aromatic heterocycles. The first-order valence-corrected chi connectivity index (χ1v) is 6.85. The lowest BCUT2D eigenvalue weighted by atomic mass is 10.1. The van der Waals surface area contributed by atoms with Crippen molar-refractivity contribution in [3.8, 4) is 0 Å². The standard InChI is InChI=1S/C15H12BrF2NO2/c1-21-15(20)14(9-5-6-13(18)12(16)7-9)19-11-4-2-3-10(17)8-11/h2-8,14,19H,1H3. The number of esters is 1. The maximum Gasteiger partial charge on any atom is 0.332 e. The minimum absolute atomic E-state index is 0.231. The van der Waals surface area contributed by atoms with Gasteiger partial charge in [0.25, 0.3) is 0 Å². The summed E-state index contributed by atoms with van der Waals surface area (Å²) in [7, 11) is 1.25. The molecule has 2 rings (SSSR count). The summed E-state index contributed by atoms with van der Waals surface area (Å²) in [6.07, 6.45) is 0. The smallest absolute Gasteiger partial charge is 0.332 e. The summed E-state index contributed by atoms with van der Waals surface area (Å²) in [5.41, 5.74) is 0.922.